The molecular formula is C16H24F6N2O3. The van der Waals surface area contributed by atoms with E-state index in [1.165, 1.54) is 0 Å². The smallest absolute Gasteiger partial charge is 0.353 e. The molecule has 0 aliphatic heterocycles. The van der Waals surface area contributed by atoms with E-state index in [1.54, 1.807) is 0 Å². The average molecular weight is 406 g/mol. The SMILES string of the molecule is NCCCC[C@H](NC(=O)C1CCCC1)C(=O)COC(C(F)(F)F)C(F)(F)F. The number of alkyl halides is 6. The molecule has 158 valence electrons. The van der Waals surface area contributed by atoms with E-state index in [2.05, 4.69) is 10.1 Å². The normalized spacial score (nSPS) is 17.3. The Morgan fingerprint density at radius 1 is 1.04 bits per heavy atom. The van der Waals surface area contributed by atoms with Crippen LogP contribution in [0.3, 0.4) is 0 Å². The predicted octanol–water partition coefficient (Wildman–Crippen LogP) is 2.87. The zero-order chi connectivity index (χ0) is 20.7. The van der Waals surface area contributed by atoms with Gasteiger partial charge < -0.3 is 15.8 Å². The summed E-state index contributed by atoms with van der Waals surface area (Å²) in [4.78, 5) is 24.3. The fraction of sp³-hybridized carbons (Fsp3) is 0.875. The largest absolute Gasteiger partial charge is 0.423 e. The Morgan fingerprint density at radius 2 is 1.59 bits per heavy atom. The van der Waals surface area contributed by atoms with Gasteiger partial charge in [0.25, 0.3) is 0 Å². The van der Waals surface area contributed by atoms with Crippen molar-refractivity contribution in [3.05, 3.63) is 0 Å². The monoisotopic (exact) mass is 406 g/mol. The third-order valence-corrected chi connectivity index (χ3v) is 4.36. The van der Waals surface area contributed by atoms with Crippen molar-refractivity contribution in [3.8, 4) is 0 Å². The van der Waals surface area contributed by atoms with E-state index in [4.69, 9.17) is 5.73 Å². The maximum Gasteiger partial charge on any atom is 0.423 e. The molecule has 11 heteroatoms. The fourth-order valence-corrected chi connectivity index (χ4v) is 2.92. The van der Waals surface area contributed by atoms with E-state index in [0.29, 0.717) is 32.2 Å². The van der Waals surface area contributed by atoms with Gasteiger partial charge in [0.1, 0.15) is 6.61 Å². The van der Waals surface area contributed by atoms with Crippen LogP contribution in [0, 0.1) is 5.92 Å². The molecule has 1 aliphatic carbocycles. The quantitative estimate of drug-likeness (QED) is 0.432. The first-order valence-corrected chi connectivity index (χ1v) is 8.75. The van der Waals surface area contributed by atoms with Crippen LogP contribution in [0.5, 0.6) is 0 Å². The Labute approximate surface area is 153 Å². The number of nitrogens with one attached hydrogen (secondary N) is 1. The van der Waals surface area contributed by atoms with Gasteiger partial charge in [-0.3, -0.25) is 9.59 Å². The van der Waals surface area contributed by atoms with Gasteiger partial charge in [-0.05, 0) is 38.6 Å². The van der Waals surface area contributed by atoms with Crippen LogP contribution in [0.4, 0.5) is 26.3 Å². The highest BCUT2D eigenvalue weighted by Crippen LogP contribution is 2.35. The number of unbranched alkanes of at least 4 members (excludes halogenated alkanes) is 1. The molecule has 1 amide bonds. The number of carbonyl (C=O) groups is 2. The highest BCUT2D eigenvalue weighted by molar-refractivity contribution is 5.90. The number of ether oxygens (including phenoxy) is 1. The summed E-state index contributed by atoms with van der Waals surface area (Å²) in [5, 5.41) is 2.45. The molecule has 0 spiro atoms. The van der Waals surface area contributed by atoms with Crippen LogP contribution in [0.15, 0.2) is 0 Å². The summed E-state index contributed by atoms with van der Waals surface area (Å²) in [6.07, 6.45) is -11.5. The van der Waals surface area contributed by atoms with Crippen LogP contribution in [-0.4, -0.2) is 49.3 Å². The number of amides is 1. The highest BCUT2D eigenvalue weighted by atomic mass is 19.4. The number of ketones is 1. The van der Waals surface area contributed by atoms with Gasteiger partial charge in [-0.2, -0.15) is 26.3 Å². The van der Waals surface area contributed by atoms with E-state index in [9.17, 15) is 35.9 Å². The minimum atomic E-state index is -5.69. The Balaban J connectivity index is 2.72. The third-order valence-electron chi connectivity index (χ3n) is 4.36. The lowest BCUT2D eigenvalue weighted by Crippen LogP contribution is -2.48. The first kappa shape index (κ1) is 23.7. The predicted molar refractivity (Wildman–Crippen MR) is 83.7 cm³/mol. The summed E-state index contributed by atoms with van der Waals surface area (Å²) < 4.78 is 78.8. The number of Topliss-reactive ketones (excluding diaryl/α,β-unsaturated/α-hetero) is 1. The van der Waals surface area contributed by atoms with Crippen LogP contribution in [-0.2, 0) is 14.3 Å². The van der Waals surface area contributed by atoms with Crippen molar-refractivity contribution >= 4 is 11.7 Å². The van der Waals surface area contributed by atoms with Crippen molar-refractivity contribution in [1.29, 1.82) is 0 Å². The van der Waals surface area contributed by atoms with Gasteiger partial charge in [0.2, 0.25) is 12.0 Å². The number of halogens is 6. The first-order chi connectivity index (χ1) is 12.5. The molecule has 0 aromatic rings. The zero-order valence-electron chi connectivity index (χ0n) is 14.7. The van der Waals surface area contributed by atoms with Crippen LogP contribution in [0.25, 0.3) is 0 Å². The molecule has 0 saturated heterocycles. The molecule has 1 aliphatic rings. The van der Waals surface area contributed by atoms with Crippen molar-refractivity contribution < 1.29 is 40.7 Å². The Kier molecular flexibility index (Phi) is 9.00. The molecule has 0 heterocycles. The van der Waals surface area contributed by atoms with Crippen LogP contribution >= 0.6 is 0 Å². The van der Waals surface area contributed by atoms with Gasteiger partial charge in [0.15, 0.2) is 5.78 Å². The van der Waals surface area contributed by atoms with Gasteiger partial charge in [-0.25, -0.2) is 0 Å². The van der Waals surface area contributed by atoms with Crippen molar-refractivity contribution in [3.63, 3.8) is 0 Å². The first-order valence-electron chi connectivity index (χ1n) is 8.75. The summed E-state index contributed by atoms with van der Waals surface area (Å²) in [7, 11) is 0. The highest BCUT2D eigenvalue weighted by Gasteiger charge is 2.58. The van der Waals surface area contributed by atoms with E-state index >= 15 is 0 Å². The second-order valence-corrected chi connectivity index (χ2v) is 6.57. The fourth-order valence-electron chi connectivity index (χ4n) is 2.92. The molecule has 1 rings (SSSR count). The summed E-state index contributed by atoms with van der Waals surface area (Å²) in [6, 6.07) is -1.20. The van der Waals surface area contributed by atoms with Gasteiger partial charge in [-0.15, -0.1) is 0 Å². The van der Waals surface area contributed by atoms with Crippen LogP contribution in [0.1, 0.15) is 44.9 Å². The van der Waals surface area contributed by atoms with Crippen LogP contribution < -0.4 is 11.1 Å². The molecule has 3 N–H and O–H groups in total. The summed E-state index contributed by atoms with van der Waals surface area (Å²) in [5.74, 6) is -1.74. The minimum absolute atomic E-state index is 0.0700. The summed E-state index contributed by atoms with van der Waals surface area (Å²) >= 11 is 0. The molecule has 1 fully saturated rings. The Morgan fingerprint density at radius 3 is 2.07 bits per heavy atom. The van der Waals surface area contributed by atoms with Crippen LogP contribution in [0.2, 0.25) is 0 Å². The standard InChI is InChI=1S/C16H24F6N2O3/c17-15(18,19)14(16(20,21)22)27-9-12(25)11(7-3-4-8-23)24-13(26)10-5-1-2-6-10/h10-11,14H,1-9,23H2,(H,24,26)/t11-/m0/s1. The molecule has 0 radical (unpaired) electrons. The molecule has 0 aromatic carbocycles. The maximum absolute atomic E-state index is 12.5. The van der Waals surface area contributed by atoms with Gasteiger partial charge in [0.05, 0.1) is 6.04 Å². The van der Waals surface area contributed by atoms with E-state index in [-0.39, 0.29) is 12.3 Å². The number of hydrogen-bond acceptors (Lipinski definition) is 4. The van der Waals surface area contributed by atoms with Crippen molar-refractivity contribution in [2.24, 2.45) is 11.7 Å². The average Bonchev–Trinajstić information content (AvgIpc) is 3.05. The second kappa shape index (κ2) is 10.3. The number of nitrogens with two attached hydrogens (primary N) is 1. The molecule has 0 bridgehead atoms. The van der Waals surface area contributed by atoms with Gasteiger partial charge in [-0.1, -0.05) is 12.8 Å². The lowest BCUT2D eigenvalue weighted by atomic mass is 10.0. The van der Waals surface area contributed by atoms with E-state index in [0.717, 1.165) is 12.8 Å². The lowest BCUT2D eigenvalue weighted by molar-refractivity contribution is -0.319. The van der Waals surface area contributed by atoms with Gasteiger partial charge in [0, 0.05) is 5.92 Å². The van der Waals surface area contributed by atoms with Gasteiger partial charge >= 0.3 is 12.4 Å². The lowest BCUT2D eigenvalue weighted by Gasteiger charge is -2.24. The molecular weight excluding hydrogens is 382 g/mol. The number of carbonyl (C=O) groups excluding carboxylic acids is 2. The molecule has 0 unspecified atom stereocenters. The van der Waals surface area contributed by atoms with Crippen molar-refractivity contribution in [1.82, 2.24) is 5.32 Å². The zero-order valence-corrected chi connectivity index (χ0v) is 14.7. The topological polar surface area (TPSA) is 81.4 Å². The molecule has 27 heavy (non-hydrogen) atoms. The third kappa shape index (κ3) is 8.04. The molecule has 1 saturated carbocycles. The maximum atomic E-state index is 12.5. The number of rotatable bonds is 10. The van der Waals surface area contributed by atoms with E-state index in [1.807, 2.05) is 0 Å². The van der Waals surface area contributed by atoms with E-state index < -0.39 is 42.8 Å². The Hall–Kier alpha value is -1.36. The summed E-state index contributed by atoms with van der Waals surface area (Å²) in [5.41, 5.74) is 5.34. The minimum Gasteiger partial charge on any atom is -0.353 e. The second-order valence-electron chi connectivity index (χ2n) is 6.57. The summed E-state index contributed by atoms with van der Waals surface area (Å²) in [6.45, 7) is -1.10. The molecule has 1 atom stereocenters. The van der Waals surface area contributed by atoms with Crippen molar-refractivity contribution in [2.75, 3.05) is 13.2 Å². The molecule has 0 aromatic heterocycles. The van der Waals surface area contributed by atoms with Crippen molar-refractivity contribution in [2.45, 2.75) is 69.4 Å². The number of hydrogen-bond donors (Lipinski definition) is 2. The Bertz CT molecular complexity index is 476. The molecule has 5 nitrogen and oxygen atoms in total.